The average Bonchev–Trinajstić information content (AvgIpc) is 2.38. The van der Waals surface area contributed by atoms with E-state index >= 15 is 0 Å². The molecule has 1 saturated heterocycles. The summed E-state index contributed by atoms with van der Waals surface area (Å²) in [4.78, 5) is 7.56. The number of piperazine rings is 1. The smallest absolute Gasteiger partial charge is 0.387 e. The Morgan fingerprint density at radius 3 is 2.35 bits per heavy atom. The van der Waals surface area contributed by atoms with Gasteiger partial charge >= 0.3 is 6.18 Å². The average molecular weight is 289 g/mol. The van der Waals surface area contributed by atoms with Crippen molar-refractivity contribution in [3.05, 3.63) is 24.0 Å². The maximum absolute atomic E-state index is 12.3. The van der Waals surface area contributed by atoms with E-state index in [1.807, 2.05) is 11.0 Å². The summed E-state index contributed by atoms with van der Waals surface area (Å²) in [6, 6.07) is 3.58. The van der Waals surface area contributed by atoms with Crippen molar-refractivity contribution in [3.63, 3.8) is 0 Å². The lowest BCUT2D eigenvalue weighted by Gasteiger charge is -2.36. The van der Waals surface area contributed by atoms with Gasteiger partial charge in [0.25, 0.3) is 0 Å². The van der Waals surface area contributed by atoms with Gasteiger partial charge in [-0.2, -0.15) is 13.2 Å². The summed E-state index contributed by atoms with van der Waals surface area (Å²) in [7, 11) is 0. The summed E-state index contributed by atoms with van der Waals surface area (Å²) in [6.45, 7) is 2.66. The molecule has 1 aliphatic heterocycles. The van der Waals surface area contributed by atoms with Crippen LogP contribution >= 0.6 is 0 Å². The van der Waals surface area contributed by atoms with Crippen molar-refractivity contribution >= 4 is 5.69 Å². The Morgan fingerprint density at radius 1 is 1.25 bits per heavy atom. The summed E-state index contributed by atoms with van der Waals surface area (Å²) >= 11 is 0. The highest BCUT2D eigenvalue weighted by Gasteiger charge is 2.32. The van der Waals surface area contributed by atoms with Crippen LogP contribution in [0.3, 0.4) is 0 Å². The summed E-state index contributed by atoms with van der Waals surface area (Å²) < 4.78 is 36.9. The van der Waals surface area contributed by atoms with Gasteiger partial charge in [0.2, 0.25) is 0 Å². The highest BCUT2D eigenvalue weighted by Crippen LogP contribution is 2.21. The second-order valence-electron chi connectivity index (χ2n) is 5.00. The Morgan fingerprint density at radius 2 is 1.90 bits per heavy atom. The van der Waals surface area contributed by atoms with Gasteiger partial charge in [0.15, 0.2) is 0 Å². The summed E-state index contributed by atoms with van der Waals surface area (Å²) in [5.41, 5.74) is 1.46. The Balaban J connectivity index is 1.90. The van der Waals surface area contributed by atoms with Crippen LogP contribution in [0, 0.1) is 0 Å². The molecule has 0 amide bonds. The zero-order valence-electron chi connectivity index (χ0n) is 11.3. The number of rotatable bonds is 3. The molecule has 0 aliphatic carbocycles. The molecule has 0 bridgehead atoms. The Bertz CT molecular complexity index is 425. The Labute approximate surface area is 115 Å². The molecule has 0 aromatic carbocycles. The van der Waals surface area contributed by atoms with Crippen molar-refractivity contribution in [3.8, 4) is 0 Å². The van der Waals surface area contributed by atoms with Crippen LogP contribution < -0.4 is 4.90 Å². The van der Waals surface area contributed by atoms with Gasteiger partial charge in [-0.15, -0.1) is 0 Å². The summed E-state index contributed by atoms with van der Waals surface area (Å²) in [6.07, 6.45) is -3.10. The first kappa shape index (κ1) is 15.1. The molecule has 7 heteroatoms. The summed E-state index contributed by atoms with van der Waals surface area (Å²) in [5.74, 6) is 0. The number of anilines is 1. The molecule has 1 atom stereocenters. The molecule has 112 valence electrons. The molecule has 1 aromatic rings. The van der Waals surface area contributed by atoms with Crippen molar-refractivity contribution in [2.24, 2.45) is 0 Å². The number of alkyl halides is 3. The van der Waals surface area contributed by atoms with Gasteiger partial charge in [0.1, 0.15) is 0 Å². The number of halogens is 3. The monoisotopic (exact) mass is 289 g/mol. The fraction of sp³-hybridized carbons (Fsp3) is 0.615. The lowest BCUT2D eigenvalue weighted by atomic mass is 10.2. The number of hydrogen-bond acceptors (Lipinski definition) is 4. The number of aliphatic hydroxyl groups is 1. The van der Waals surface area contributed by atoms with Crippen LogP contribution in [0.5, 0.6) is 0 Å². The van der Waals surface area contributed by atoms with Crippen LogP contribution in [0.15, 0.2) is 18.3 Å². The normalized spacial score (nSPS) is 19.1. The van der Waals surface area contributed by atoms with Crippen molar-refractivity contribution in [2.75, 3.05) is 37.6 Å². The molecular weight excluding hydrogens is 271 g/mol. The highest BCUT2D eigenvalue weighted by molar-refractivity contribution is 5.45. The molecule has 1 aliphatic rings. The van der Waals surface area contributed by atoms with Crippen LogP contribution in [0.4, 0.5) is 18.9 Å². The maximum atomic E-state index is 12.3. The maximum Gasteiger partial charge on any atom is 0.401 e. The van der Waals surface area contributed by atoms with Gasteiger partial charge in [0, 0.05) is 26.2 Å². The van der Waals surface area contributed by atoms with Crippen LogP contribution in [-0.4, -0.2) is 53.9 Å². The molecular formula is C13H18F3N3O. The van der Waals surface area contributed by atoms with E-state index in [4.69, 9.17) is 0 Å². The molecule has 2 rings (SSSR count). The minimum absolute atomic E-state index is 0.387. The lowest BCUT2D eigenvalue weighted by molar-refractivity contribution is -0.146. The minimum atomic E-state index is -4.14. The van der Waals surface area contributed by atoms with Crippen LogP contribution in [-0.2, 0) is 0 Å². The number of aliphatic hydroxyl groups excluding tert-OH is 1. The molecule has 2 heterocycles. The van der Waals surface area contributed by atoms with Crippen molar-refractivity contribution in [1.82, 2.24) is 9.88 Å². The molecule has 20 heavy (non-hydrogen) atoms. The fourth-order valence-corrected chi connectivity index (χ4v) is 2.25. The first-order valence-electron chi connectivity index (χ1n) is 6.53. The second kappa shape index (κ2) is 5.97. The molecule has 1 aromatic heterocycles. The molecule has 0 spiro atoms. The van der Waals surface area contributed by atoms with Crippen molar-refractivity contribution < 1.29 is 18.3 Å². The lowest BCUT2D eigenvalue weighted by Crippen LogP contribution is -2.49. The molecule has 1 N–H and O–H groups in total. The minimum Gasteiger partial charge on any atom is -0.387 e. The molecule has 4 nitrogen and oxygen atoms in total. The molecule has 0 saturated carbocycles. The van der Waals surface area contributed by atoms with Crippen molar-refractivity contribution in [1.29, 1.82) is 0 Å². The van der Waals surface area contributed by atoms with E-state index in [0.29, 0.717) is 31.9 Å². The molecule has 1 unspecified atom stereocenters. The van der Waals surface area contributed by atoms with E-state index in [1.54, 1.807) is 19.2 Å². The zero-order valence-corrected chi connectivity index (χ0v) is 11.3. The van der Waals surface area contributed by atoms with Gasteiger partial charge in [-0.1, -0.05) is 0 Å². The number of hydrogen-bond donors (Lipinski definition) is 1. The summed E-state index contributed by atoms with van der Waals surface area (Å²) in [5, 5.41) is 9.38. The van der Waals surface area contributed by atoms with Crippen LogP contribution in [0.1, 0.15) is 18.7 Å². The van der Waals surface area contributed by atoms with E-state index < -0.39 is 18.8 Å². The third-order valence-electron chi connectivity index (χ3n) is 3.34. The van der Waals surface area contributed by atoms with E-state index in [1.165, 1.54) is 4.90 Å². The SMILES string of the molecule is CC(O)c1ccc(N2CCN(CC(F)(F)F)CC2)cn1. The van der Waals surface area contributed by atoms with Gasteiger partial charge in [0.05, 0.1) is 30.2 Å². The number of nitrogens with zero attached hydrogens (tertiary/aromatic N) is 3. The standard InChI is InChI=1S/C13H18F3N3O/c1-10(20)12-3-2-11(8-17-12)19-6-4-18(5-7-19)9-13(14,15)16/h2-3,8,10,20H,4-7,9H2,1H3. The first-order chi connectivity index (χ1) is 9.35. The van der Waals surface area contributed by atoms with Gasteiger partial charge < -0.3 is 10.0 Å². The quantitative estimate of drug-likeness (QED) is 0.921. The number of pyridine rings is 1. The zero-order chi connectivity index (χ0) is 14.8. The van der Waals surface area contributed by atoms with Gasteiger partial charge in [-0.05, 0) is 19.1 Å². The largest absolute Gasteiger partial charge is 0.401 e. The van der Waals surface area contributed by atoms with E-state index in [9.17, 15) is 18.3 Å². The highest BCUT2D eigenvalue weighted by atomic mass is 19.4. The third-order valence-corrected chi connectivity index (χ3v) is 3.34. The van der Waals surface area contributed by atoms with E-state index in [-0.39, 0.29) is 0 Å². The first-order valence-corrected chi connectivity index (χ1v) is 6.53. The van der Waals surface area contributed by atoms with E-state index in [2.05, 4.69) is 4.98 Å². The number of aromatic nitrogens is 1. The van der Waals surface area contributed by atoms with Gasteiger partial charge in [-0.3, -0.25) is 9.88 Å². The third kappa shape index (κ3) is 4.08. The van der Waals surface area contributed by atoms with Crippen LogP contribution in [0.25, 0.3) is 0 Å². The van der Waals surface area contributed by atoms with Crippen LogP contribution in [0.2, 0.25) is 0 Å². The van der Waals surface area contributed by atoms with Crippen molar-refractivity contribution in [2.45, 2.75) is 19.2 Å². The van der Waals surface area contributed by atoms with E-state index in [0.717, 1.165) is 5.69 Å². The fourth-order valence-electron chi connectivity index (χ4n) is 2.25. The predicted molar refractivity (Wildman–Crippen MR) is 69.6 cm³/mol. The Hall–Kier alpha value is -1.34. The second-order valence-corrected chi connectivity index (χ2v) is 5.00. The predicted octanol–water partition coefficient (Wildman–Crippen LogP) is 1.82. The molecule has 0 radical (unpaired) electrons. The topological polar surface area (TPSA) is 39.6 Å². The Kier molecular flexibility index (Phi) is 4.49. The molecule has 1 fully saturated rings. The van der Waals surface area contributed by atoms with Gasteiger partial charge in [-0.25, -0.2) is 0 Å².